The summed E-state index contributed by atoms with van der Waals surface area (Å²) in [5.41, 5.74) is 4.45. The Balaban J connectivity index is 2.17. The molecule has 7 nitrogen and oxygen atoms in total. The van der Waals surface area contributed by atoms with Crippen molar-refractivity contribution in [2.24, 2.45) is 12.9 Å². The smallest absolute Gasteiger partial charge is 0.216 e. The quantitative estimate of drug-likeness (QED) is 0.570. The van der Waals surface area contributed by atoms with Gasteiger partial charge < -0.3 is 4.74 Å². The molecule has 2 rings (SSSR count). The lowest BCUT2D eigenvalue weighted by Crippen LogP contribution is -2.30. The molecule has 0 saturated heterocycles. The van der Waals surface area contributed by atoms with Crippen molar-refractivity contribution in [3.63, 3.8) is 0 Å². The number of nitrogens with zero attached hydrogens (tertiary/aromatic N) is 4. The van der Waals surface area contributed by atoms with Crippen molar-refractivity contribution in [2.45, 2.75) is 12.5 Å². The number of nitrogens with one attached hydrogen (secondary N) is 1. The lowest BCUT2D eigenvalue weighted by atomic mass is 10.1. The Labute approximate surface area is 105 Å². The Morgan fingerprint density at radius 1 is 1.50 bits per heavy atom. The van der Waals surface area contributed by atoms with Crippen LogP contribution in [0, 0.1) is 0 Å². The number of aromatic nitrogens is 4. The monoisotopic (exact) mass is 248 g/mol. The van der Waals surface area contributed by atoms with Crippen molar-refractivity contribution in [2.75, 3.05) is 7.11 Å². The Bertz CT molecular complexity index is 512. The summed E-state index contributed by atoms with van der Waals surface area (Å²) in [6, 6.07) is 3.58. The zero-order valence-electron chi connectivity index (χ0n) is 10.4. The summed E-state index contributed by atoms with van der Waals surface area (Å²) in [7, 11) is 3.44. The second-order valence-electron chi connectivity index (χ2n) is 3.89. The molecule has 18 heavy (non-hydrogen) atoms. The largest absolute Gasteiger partial charge is 0.481 e. The van der Waals surface area contributed by atoms with Crippen molar-refractivity contribution in [3.8, 4) is 5.88 Å². The second kappa shape index (κ2) is 5.56. The van der Waals surface area contributed by atoms with E-state index in [9.17, 15) is 0 Å². The number of hydrogen-bond donors (Lipinski definition) is 2. The molecule has 0 aliphatic carbocycles. The van der Waals surface area contributed by atoms with Gasteiger partial charge in [-0.3, -0.25) is 16.0 Å². The normalized spacial score (nSPS) is 12.4. The van der Waals surface area contributed by atoms with Gasteiger partial charge in [-0.2, -0.15) is 5.10 Å². The summed E-state index contributed by atoms with van der Waals surface area (Å²) < 4.78 is 6.82. The summed E-state index contributed by atoms with van der Waals surface area (Å²) in [6.07, 6.45) is 4.00. The first-order chi connectivity index (χ1) is 8.72. The molecule has 0 spiro atoms. The third-order valence-corrected chi connectivity index (χ3v) is 2.61. The summed E-state index contributed by atoms with van der Waals surface area (Å²) >= 11 is 0. The van der Waals surface area contributed by atoms with Gasteiger partial charge in [0.2, 0.25) is 5.88 Å². The van der Waals surface area contributed by atoms with Crippen LogP contribution in [0.15, 0.2) is 24.7 Å². The molecule has 0 radical (unpaired) electrons. The zero-order valence-corrected chi connectivity index (χ0v) is 10.4. The fourth-order valence-corrected chi connectivity index (χ4v) is 1.69. The topological polar surface area (TPSA) is 90.9 Å². The summed E-state index contributed by atoms with van der Waals surface area (Å²) in [6.45, 7) is 0. The number of nitrogens with two attached hydrogens (primary N) is 1. The van der Waals surface area contributed by atoms with Gasteiger partial charge in [-0.15, -0.1) is 0 Å². The predicted octanol–water partition coefficient (Wildman–Crippen LogP) is -0.0342. The van der Waals surface area contributed by atoms with Crippen LogP contribution in [-0.2, 0) is 13.5 Å². The second-order valence-corrected chi connectivity index (χ2v) is 3.89. The van der Waals surface area contributed by atoms with Gasteiger partial charge in [0.15, 0.2) is 0 Å². The SMILES string of the molecule is COc1cc(C(Cc2ccn(C)n2)NN)ncn1. The van der Waals surface area contributed by atoms with Gasteiger partial charge in [0, 0.05) is 25.7 Å². The average Bonchev–Trinajstić information content (AvgIpc) is 2.81. The minimum Gasteiger partial charge on any atom is -0.481 e. The highest BCUT2D eigenvalue weighted by Crippen LogP contribution is 2.17. The fourth-order valence-electron chi connectivity index (χ4n) is 1.69. The molecule has 7 heteroatoms. The van der Waals surface area contributed by atoms with Crippen LogP contribution in [0.5, 0.6) is 5.88 Å². The van der Waals surface area contributed by atoms with E-state index in [2.05, 4.69) is 20.5 Å². The van der Waals surface area contributed by atoms with Gasteiger partial charge in [0.25, 0.3) is 0 Å². The molecule has 2 aromatic heterocycles. The molecule has 0 saturated carbocycles. The number of aryl methyl sites for hydroxylation is 1. The maximum absolute atomic E-state index is 5.57. The third-order valence-electron chi connectivity index (χ3n) is 2.61. The zero-order chi connectivity index (χ0) is 13.0. The molecule has 2 aromatic rings. The lowest BCUT2D eigenvalue weighted by Gasteiger charge is -2.14. The molecule has 96 valence electrons. The van der Waals surface area contributed by atoms with E-state index in [1.165, 1.54) is 6.33 Å². The first kappa shape index (κ1) is 12.5. The number of hydrogen-bond acceptors (Lipinski definition) is 6. The molecule has 0 bridgehead atoms. The van der Waals surface area contributed by atoms with Crippen LogP contribution < -0.4 is 16.0 Å². The molecular weight excluding hydrogens is 232 g/mol. The van der Waals surface area contributed by atoms with Gasteiger partial charge in [0.1, 0.15) is 6.33 Å². The van der Waals surface area contributed by atoms with Gasteiger partial charge in [-0.25, -0.2) is 9.97 Å². The van der Waals surface area contributed by atoms with Crippen molar-refractivity contribution >= 4 is 0 Å². The van der Waals surface area contributed by atoms with Gasteiger partial charge in [-0.1, -0.05) is 0 Å². The Hall–Kier alpha value is -1.99. The fraction of sp³-hybridized carbons (Fsp3) is 0.364. The van der Waals surface area contributed by atoms with Crippen LogP contribution in [0.4, 0.5) is 0 Å². The number of rotatable bonds is 5. The summed E-state index contributed by atoms with van der Waals surface area (Å²) in [4.78, 5) is 8.16. The van der Waals surface area contributed by atoms with Crippen LogP contribution in [0.25, 0.3) is 0 Å². The van der Waals surface area contributed by atoms with Crippen LogP contribution >= 0.6 is 0 Å². The predicted molar refractivity (Wildman–Crippen MR) is 65.6 cm³/mol. The first-order valence-electron chi connectivity index (χ1n) is 5.53. The maximum atomic E-state index is 5.57. The van der Waals surface area contributed by atoms with E-state index in [0.29, 0.717) is 12.3 Å². The van der Waals surface area contributed by atoms with Crippen LogP contribution in [-0.4, -0.2) is 26.9 Å². The van der Waals surface area contributed by atoms with E-state index in [-0.39, 0.29) is 6.04 Å². The van der Waals surface area contributed by atoms with Crippen molar-refractivity contribution in [1.82, 2.24) is 25.2 Å². The highest BCUT2D eigenvalue weighted by Gasteiger charge is 2.14. The first-order valence-corrected chi connectivity index (χ1v) is 5.53. The van der Waals surface area contributed by atoms with E-state index in [4.69, 9.17) is 10.6 Å². The van der Waals surface area contributed by atoms with E-state index in [0.717, 1.165) is 11.4 Å². The molecule has 0 fully saturated rings. The van der Waals surface area contributed by atoms with Crippen LogP contribution in [0.2, 0.25) is 0 Å². The number of ether oxygens (including phenoxy) is 1. The van der Waals surface area contributed by atoms with Gasteiger partial charge in [0.05, 0.1) is 24.5 Å². The Morgan fingerprint density at radius 2 is 2.33 bits per heavy atom. The molecule has 0 aliphatic heterocycles. The van der Waals surface area contributed by atoms with E-state index in [1.807, 2.05) is 19.3 Å². The van der Waals surface area contributed by atoms with E-state index >= 15 is 0 Å². The van der Waals surface area contributed by atoms with E-state index in [1.54, 1.807) is 17.9 Å². The summed E-state index contributed by atoms with van der Waals surface area (Å²) in [5, 5.41) is 4.31. The molecule has 0 amide bonds. The van der Waals surface area contributed by atoms with Crippen molar-refractivity contribution < 1.29 is 4.74 Å². The van der Waals surface area contributed by atoms with Gasteiger partial charge in [-0.05, 0) is 6.07 Å². The third kappa shape index (κ3) is 2.82. The van der Waals surface area contributed by atoms with E-state index < -0.39 is 0 Å². The molecule has 0 aromatic carbocycles. The highest BCUT2D eigenvalue weighted by atomic mass is 16.5. The molecule has 2 heterocycles. The minimum atomic E-state index is -0.128. The molecular formula is C11H16N6O. The number of hydrazine groups is 1. The van der Waals surface area contributed by atoms with Gasteiger partial charge >= 0.3 is 0 Å². The lowest BCUT2D eigenvalue weighted by molar-refractivity contribution is 0.393. The highest BCUT2D eigenvalue weighted by molar-refractivity contribution is 5.18. The molecule has 0 aliphatic rings. The Kier molecular flexibility index (Phi) is 3.85. The molecule has 3 N–H and O–H groups in total. The molecule has 1 atom stereocenters. The Morgan fingerprint density at radius 3 is 2.94 bits per heavy atom. The standard InChI is InChI=1S/C11H16N6O/c1-17-4-3-8(16-17)5-10(15-12)9-6-11(18-2)14-7-13-9/h3-4,6-7,10,15H,5,12H2,1-2H3. The average molecular weight is 248 g/mol. The minimum absolute atomic E-state index is 0.128. The maximum Gasteiger partial charge on any atom is 0.216 e. The van der Waals surface area contributed by atoms with Crippen LogP contribution in [0.1, 0.15) is 17.4 Å². The van der Waals surface area contributed by atoms with Crippen LogP contribution in [0.3, 0.4) is 0 Å². The number of methoxy groups -OCH3 is 1. The van der Waals surface area contributed by atoms with Crippen molar-refractivity contribution in [1.29, 1.82) is 0 Å². The van der Waals surface area contributed by atoms with Crippen molar-refractivity contribution in [3.05, 3.63) is 36.0 Å². The molecule has 1 unspecified atom stereocenters. The summed E-state index contributed by atoms with van der Waals surface area (Å²) in [5.74, 6) is 6.08.